The number of hydrogen-bond acceptors (Lipinski definition) is 2. The number of anilines is 1. The summed E-state index contributed by atoms with van der Waals surface area (Å²) in [5, 5.41) is 3.63. The van der Waals surface area contributed by atoms with Crippen molar-refractivity contribution in [3.63, 3.8) is 0 Å². The highest BCUT2D eigenvalue weighted by atomic mass is 79.9. The van der Waals surface area contributed by atoms with Crippen LogP contribution in [0.1, 0.15) is 38.2 Å². The Morgan fingerprint density at radius 1 is 1.39 bits per heavy atom. The van der Waals surface area contributed by atoms with Crippen LogP contribution >= 0.6 is 15.9 Å². The van der Waals surface area contributed by atoms with Crippen LogP contribution in [0.15, 0.2) is 16.7 Å². The topological polar surface area (TPSA) is 24.9 Å². The predicted molar refractivity (Wildman–Crippen MR) is 78.7 cm³/mol. The molecule has 2 fully saturated rings. The van der Waals surface area contributed by atoms with Gasteiger partial charge in [-0.05, 0) is 78.4 Å². The van der Waals surface area contributed by atoms with Crippen LogP contribution in [0.4, 0.5) is 5.82 Å². The Morgan fingerprint density at radius 3 is 2.83 bits per heavy atom. The van der Waals surface area contributed by atoms with Gasteiger partial charge in [0.25, 0.3) is 0 Å². The Bertz CT molecular complexity index is 446. The first-order valence-corrected chi connectivity index (χ1v) is 7.81. The number of fused-ring (bicyclic) bond motifs is 2. The number of aromatic nitrogens is 1. The summed E-state index contributed by atoms with van der Waals surface area (Å²) in [6, 6.07) is 2.68. The highest BCUT2D eigenvalue weighted by Gasteiger charge is 2.41. The molecule has 4 unspecified atom stereocenters. The van der Waals surface area contributed by atoms with E-state index >= 15 is 0 Å². The zero-order valence-corrected chi connectivity index (χ0v) is 12.7. The smallest absolute Gasteiger partial charge is 0.129 e. The molecule has 0 spiro atoms. The van der Waals surface area contributed by atoms with E-state index in [1.54, 1.807) is 0 Å². The maximum absolute atomic E-state index is 4.49. The van der Waals surface area contributed by atoms with Crippen LogP contribution in [-0.4, -0.2) is 11.0 Å². The van der Waals surface area contributed by atoms with Crippen molar-refractivity contribution >= 4 is 21.7 Å². The second-order valence-electron chi connectivity index (χ2n) is 6.09. The molecule has 4 atom stereocenters. The largest absolute Gasteiger partial charge is 0.367 e. The van der Waals surface area contributed by atoms with Crippen molar-refractivity contribution in [1.82, 2.24) is 4.98 Å². The fourth-order valence-corrected chi connectivity index (χ4v) is 4.37. The number of nitrogens with one attached hydrogen (secondary N) is 1. The van der Waals surface area contributed by atoms with Gasteiger partial charge in [-0.1, -0.05) is 6.42 Å². The summed E-state index contributed by atoms with van der Waals surface area (Å²) < 4.78 is 1.05. The second-order valence-corrected chi connectivity index (χ2v) is 7.01. The van der Waals surface area contributed by atoms with E-state index in [-0.39, 0.29) is 0 Å². The van der Waals surface area contributed by atoms with Gasteiger partial charge < -0.3 is 5.32 Å². The van der Waals surface area contributed by atoms with E-state index in [9.17, 15) is 0 Å². The molecular weight excluding hydrogens is 288 g/mol. The first-order chi connectivity index (χ1) is 8.63. The highest BCUT2D eigenvalue weighted by molar-refractivity contribution is 9.10. The average molecular weight is 309 g/mol. The molecule has 1 heterocycles. The van der Waals surface area contributed by atoms with Gasteiger partial charge in [0.05, 0.1) is 0 Å². The van der Waals surface area contributed by atoms with Gasteiger partial charge in [-0.2, -0.15) is 0 Å². The molecule has 1 aromatic heterocycles. The number of rotatable bonds is 3. The molecule has 2 nitrogen and oxygen atoms in total. The summed E-state index contributed by atoms with van der Waals surface area (Å²) in [5.41, 5.74) is 1.22. The quantitative estimate of drug-likeness (QED) is 0.896. The average Bonchev–Trinajstić information content (AvgIpc) is 2.94. The maximum atomic E-state index is 4.49. The molecule has 2 aliphatic carbocycles. The third-order valence-corrected chi connectivity index (χ3v) is 5.28. The molecule has 0 aliphatic heterocycles. The van der Waals surface area contributed by atoms with Crippen molar-refractivity contribution in [2.24, 2.45) is 17.8 Å². The van der Waals surface area contributed by atoms with E-state index in [2.05, 4.69) is 46.1 Å². The van der Waals surface area contributed by atoms with Crippen molar-refractivity contribution < 1.29 is 0 Å². The van der Waals surface area contributed by atoms with Crippen LogP contribution in [0.5, 0.6) is 0 Å². The lowest BCUT2D eigenvalue weighted by atomic mass is 9.84. The number of hydrogen-bond donors (Lipinski definition) is 1. The molecule has 2 aliphatic rings. The lowest BCUT2D eigenvalue weighted by molar-refractivity contribution is 0.304. The first-order valence-electron chi connectivity index (χ1n) is 7.02. The Kier molecular flexibility index (Phi) is 3.35. The summed E-state index contributed by atoms with van der Waals surface area (Å²) in [4.78, 5) is 4.49. The second kappa shape index (κ2) is 4.84. The SMILES string of the molecule is Cc1cc(Br)cnc1NC(C)C1CC2CCC1C2. The van der Waals surface area contributed by atoms with Gasteiger partial charge in [0.1, 0.15) is 5.82 Å². The van der Waals surface area contributed by atoms with Crippen molar-refractivity contribution in [1.29, 1.82) is 0 Å². The summed E-state index contributed by atoms with van der Waals surface area (Å²) in [6.45, 7) is 4.45. The summed E-state index contributed by atoms with van der Waals surface area (Å²) in [5.74, 6) is 3.89. The Balaban J connectivity index is 1.69. The van der Waals surface area contributed by atoms with Crippen LogP contribution in [0.2, 0.25) is 0 Å². The van der Waals surface area contributed by atoms with Gasteiger partial charge in [0, 0.05) is 16.7 Å². The summed E-state index contributed by atoms with van der Waals surface area (Å²) in [6.07, 6.45) is 7.71. The van der Waals surface area contributed by atoms with Gasteiger partial charge in [0.15, 0.2) is 0 Å². The van der Waals surface area contributed by atoms with Crippen LogP contribution in [-0.2, 0) is 0 Å². The van der Waals surface area contributed by atoms with E-state index in [1.807, 2.05) is 6.20 Å². The monoisotopic (exact) mass is 308 g/mol. The zero-order chi connectivity index (χ0) is 12.7. The zero-order valence-electron chi connectivity index (χ0n) is 11.1. The normalized spacial score (nSPS) is 31.6. The third-order valence-electron chi connectivity index (χ3n) is 4.84. The Morgan fingerprint density at radius 2 is 2.22 bits per heavy atom. The summed E-state index contributed by atoms with van der Waals surface area (Å²) in [7, 11) is 0. The van der Waals surface area contributed by atoms with E-state index in [4.69, 9.17) is 0 Å². The van der Waals surface area contributed by atoms with Gasteiger partial charge in [-0.3, -0.25) is 0 Å². The van der Waals surface area contributed by atoms with Crippen LogP contribution in [0, 0.1) is 24.7 Å². The van der Waals surface area contributed by atoms with Crippen LogP contribution in [0.25, 0.3) is 0 Å². The van der Waals surface area contributed by atoms with E-state index in [0.29, 0.717) is 6.04 Å². The molecule has 0 saturated heterocycles. The van der Waals surface area contributed by atoms with Gasteiger partial charge in [-0.15, -0.1) is 0 Å². The fraction of sp³-hybridized carbons (Fsp3) is 0.667. The van der Waals surface area contributed by atoms with Crippen molar-refractivity contribution in [2.75, 3.05) is 5.32 Å². The summed E-state index contributed by atoms with van der Waals surface area (Å²) >= 11 is 3.47. The first kappa shape index (κ1) is 12.5. The lowest BCUT2D eigenvalue weighted by Crippen LogP contribution is -2.30. The third kappa shape index (κ3) is 2.29. The molecule has 98 valence electrons. The van der Waals surface area contributed by atoms with Gasteiger partial charge >= 0.3 is 0 Å². The van der Waals surface area contributed by atoms with Gasteiger partial charge in [0.2, 0.25) is 0 Å². The van der Waals surface area contributed by atoms with E-state index < -0.39 is 0 Å². The minimum absolute atomic E-state index is 0.549. The van der Waals surface area contributed by atoms with Crippen molar-refractivity contribution in [2.45, 2.75) is 45.6 Å². The minimum atomic E-state index is 0.549. The number of aryl methyl sites for hydroxylation is 1. The fourth-order valence-electron chi connectivity index (χ4n) is 3.92. The molecule has 0 radical (unpaired) electrons. The number of pyridine rings is 1. The Hall–Kier alpha value is -0.570. The predicted octanol–water partition coefficient (Wildman–Crippen LogP) is 4.39. The highest BCUT2D eigenvalue weighted by Crippen LogP contribution is 2.49. The molecule has 3 rings (SSSR count). The Labute approximate surface area is 118 Å². The number of halogens is 1. The maximum Gasteiger partial charge on any atom is 0.129 e. The molecule has 2 bridgehead atoms. The minimum Gasteiger partial charge on any atom is -0.367 e. The standard InChI is InChI=1S/C15H21BrN2/c1-9-5-13(16)8-17-15(9)18-10(2)14-7-11-3-4-12(14)6-11/h5,8,10-12,14H,3-4,6-7H2,1-2H3,(H,17,18). The molecule has 1 N–H and O–H groups in total. The molecule has 18 heavy (non-hydrogen) atoms. The molecule has 1 aromatic rings. The molecule has 3 heteroatoms. The van der Waals surface area contributed by atoms with Crippen LogP contribution < -0.4 is 5.32 Å². The molecule has 0 amide bonds. The number of nitrogens with zero attached hydrogens (tertiary/aromatic N) is 1. The van der Waals surface area contributed by atoms with Crippen molar-refractivity contribution in [3.8, 4) is 0 Å². The lowest BCUT2D eigenvalue weighted by Gasteiger charge is -2.29. The molecular formula is C15H21BrN2. The molecule has 2 saturated carbocycles. The van der Waals surface area contributed by atoms with Gasteiger partial charge in [-0.25, -0.2) is 4.98 Å². The van der Waals surface area contributed by atoms with Crippen molar-refractivity contribution in [3.05, 3.63) is 22.3 Å². The molecule has 0 aromatic carbocycles. The van der Waals surface area contributed by atoms with Crippen LogP contribution in [0.3, 0.4) is 0 Å². The van der Waals surface area contributed by atoms with E-state index in [1.165, 1.54) is 31.2 Å². The van der Waals surface area contributed by atoms with E-state index in [0.717, 1.165) is 28.0 Å².